The van der Waals surface area contributed by atoms with Crippen LogP contribution in [0.2, 0.25) is 5.02 Å². The van der Waals surface area contributed by atoms with E-state index in [4.69, 9.17) is 21.3 Å². The third kappa shape index (κ3) is 6.10. The zero-order valence-corrected chi connectivity index (χ0v) is 18.1. The van der Waals surface area contributed by atoms with Gasteiger partial charge in [-0.2, -0.15) is 0 Å². The lowest BCUT2D eigenvalue weighted by Gasteiger charge is -2.05. The molecule has 152 valence electrons. The highest BCUT2D eigenvalue weighted by atomic mass is 35.5. The summed E-state index contributed by atoms with van der Waals surface area (Å²) in [5.74, 6) is 1.05. The fraction of sp³-hybridized carbons (Fsp3) is 0.273. The normalized spacial score (nSPS) is 10.9. The number of benzene rings is 2. The molecule has 7 heteroatoms. The van der Waals surface area contributed by atoms with Gasteiger partial charge in [-0.1, -0.05) is 65.3 Å². The maximum Gasteiger partial charge on any atom is 0.230 e. The summed E-state index contributed by atoms with van der Waals surface area (Å²) < 4.78 is 5.00. The Kier molecular flexibility index (Phi) is 7.75. The smallest absolute Gasteiger partial charge is 0.230 e. The van der Waals surface area contributed by atoms with E-state index in [-0.39, 0.29) is 5.91 Å². The van der Waals surface area contributed by atoms with Gasteiger partial charge >= 0.3 is 0 Å². The second-order valence-corrected chi connectivity index (χ2v) is 8.02. The number of nitrogens with one attached hydrogen (secondary N) is 2. The van der Waals surface area contributed by atoms with Gasteiger partial charge in [0.05, 0.1) is 11.4 Å². The molecule has 0 atom stereocenters. The van der Waals surface area contributed by atoms with Crippen molar-refractivity contribution in [3.05, 3.63) is 59.1 Å². The fourth-order valence-corrected chi connectivity index (χ4v) is 3.72. The molecular formula is C22H24ClN3O2S. The van der Waals surface area contributed by atoms with Gasteiger partial charge in [0, 0.05) is 36.4 Å². The van der Waals surface area contributed by atoms with Crippen LogP contribution in [0.4, 0.5) is 0 Å². The summed E-state index contributed by atoms with van der Waals surface area (Å²) in [7, 11) is 1.65. The zero-order valence-electron chi connectivity index (χ0n) is 16.5. The van der Waals surface area contributed by atoms with Crippen LogP contribution in [0.3, 0.4) is 0 Å². The van der Waals surface area contributed by atoms with Crippen molar-refractivity contribution in [2.45, 2.75) is 18.4 Å². The fourth-order valence-electron chi connectivity index (χ4n) is 2.75. The van der Waals surface area contributed by atoms with E-state index in [1.54, 1.807) is 7.11 Å². The number of hydrogen-bond donors (Lipinski definition) is 2. The summed E-state index contributed by atoms with van der Waals surface area (Å²) in [5.41, 5.74) is 4.05. The van der Waals surface area contributed by atoms with Crippen LogP contribution in [0.15, 0.2) is 53.6 Å². The van der Waals surface area contributed by atoms with E-state index in [0.717, 1.165) is 34.1 Å². The van der Waals surface area contributed by atoms with Crippen molar-refractivity contribution < 1.29 is 9.53 Å². The largest absolute Gasteiger partial charge is 0.385 e. The molecule has 5 nitrogen and oxygen atoms in total. The highest BCUT2D eigenvalue weighted by Crippen LogP contribution is 2.33. The Hall–Kier alpha value is -2.28. The molecule has 2 N–H and O–H groups in total. The number of aromatic amines is 1. The van der Waals surface area contributed by atoms with Crippen molar-refractivity contribution in [2.75, 3.05) is 26.0 Å². The summed E-state index contributed by atoms with van der Waals surface area (Å²) in [6.45, 7) is 3.29. The second-order valence-electron chi connectivity index (χ2n) is 6.62. The standard InChI is InChI=1S/C22H24ClN3O2S/c1-15-4-6-17(7-5-15)21-25-20(16-8-10-18(23)11-9-16)22(26-21)29-14-19(27)24-12-3-13-28-2/h4-11H,3,12-14H2,1-2H3,(H,24,27)(H,25,26). The number of hydrogen-bond acceptors (Lipinski definition) is 4. The Morgan fingerprint density at radius 2 is 1.83 bits per heavy atom. The Bertz CT molecular complexity index is 940. The van der Waals surface area contributed by atoms with E-state index in [0.29, 0.717) is 23.9 Å². The van der Waals surface area contributed by atoms with Crippen molar-refractivity contribution in [1.82, 2.24) is 15.3 Å². The summed E-state index contributed by atoms with van der Waals surface area (Å²) in [6.07, 6.45) is 0.795. The number of thioether (sulfide) groups is 1. The Balaban J connectivity index is 1.79. The highest BCUT2D eigenvalue weighted by molar-refractivity contribution is 8.00. The quantitative estimate of drug-likeness (QED) is 0.373. The number of carbonyl (C=O) groups excluding carboxylic acids is 1. The molecule has 29 heavy (non-hydrogen) atoms. The van der Waals surface area contributed by atoms with E-state index < -0.39 is 0 Å². The Morgan fingerprint density at radius 1 is 1.14 bits per heavy atom. The molecule has 0 aliphatic rings. The van der Waals surface area contributed by atoms with Crippen LogP contribution < -0.4 is 5.32 Å². The lowest BCUT2D eigenvalue weighted by atomic mass is 10.1. The Labute approximate surface area is 180 Å². The molecule has 2 aromatic carbocycles. The lowest BCUT2D eigenvalue weighted by Crippen LogP contribution is -2.26. The molecule has 1 amide bonds. The predicted octanol–water partition coefficient (Wildman–Crippen LogP) is 4.95. The first-order chi connectivity index (χ1) is 14.1. The number of aryl methyl sites for hydroxylation is 1. The van der Waals surface area contributed by atoms with E-state index in [1.807, 2.05) is 36.4 Å². The van der Waals surface area contributed by atoms with Gasteiger partial charge in [0.25, 0.3) is 0 Å². The van der Waals surface area contributed by atoms with E-state index >= 15 is 0 Å². The molecule has 0 radical (unpaired) electrons. The number of ether oxygens (including phenoxy) is 1. The topological polar surface area (TPSA) is 67.0 Å². The average molecular weight is 430 g/mol. The number of rotatable bonds is 9. The Morgan fingerprint density at radius 3 is 2.52 bits per heavy atom. The predicted molar refractivity (Wildman–Crippen MR) is 119 cm³/mol. The first-order valence-electron chi connectivity index (χ1n) is 9.38. The molecule has 3 rings (SSSR count). The molecule has 0 aliphatic heterocycles. The third-order valence-corrected chi connectivity index (χ3v) is 5.54. The van der Waals surface area contributed by atoms with Crippen LogP contribution in [0.1, 0.15) is 12.0 Å². The summed E-state index contributed by atoms with van der Waals surface area (Å²) in [5, 5.41) is 4.37. The zero-order chi connectivity index (χ0) is 20.6. The molecule has 0 saturated carbocycles. The first kappa shape index (κ1) is 21.4. The van der Waals surface area contributed by atoms with Crippen molar-refractivity contribution in [1.29, 1.82) is 0 Å². The third-order valence-electron chi connectivity index (χ3n) is 4.32. The van der Waals surface area contributed by atoms with Gasteiger partial charge in [0.15, 0.2) is 0 Å². The van der Waals surface area contributed by atoms with Crippen molar-refractivity contribution in [3.63, 3.8) is 0 Å². The molecule has 0 unspecified atom stereocenters. The lowest BCUT2D eigenvalue weighted by molar-refractivity contribution is -0.118. The number of amides is 1. The van der Waals surface area contributed by atoms with Crippen molar-refractivity contribution >= 4 is 29.3 Å². The molecule has 0 bridgehead atoms. The number of aromatic nitrogens is 2. The van der Waals surface area contributed by atoms with Gasteiger partial charge in [0.1, 0.15) is 10.9 Å². The molecule has 3 aromatic rings. The minimum Gasteiger partial charge on any atom is -0.385 e. The maximum atomic E-state index is 12.2. The molecule has 0 spiro atoms. The van der Waals surface area contributed by atoms with Crippen LogP contribution in [0.25, 0.3) is 22.6 Å². The number of carbonyl (C=O) groups is 1. The van der Waals surface area contributed by atoms with Crippen LogP contribution >= 0.6 is 23.4 Å². The SMILES string of the molecule is COCCCNC(=O)CSc1nc(-c2ccc(C)cc2)[nH]c1-c1ccc(Cl)cc1. The molecule has 1 aromatic heterocycles. The van der Waals surface area contributed by atoms with Crippen LogP contribution in [-0.2, 0) is 9.53 Å². The molecule has 1 heterocycles. The summed E-state index contributed by atoms with van der Waals surface area (Å²) >= 11 is 7.45. The van der Waals surface area contributed by atoms with Gasteiger partial charge < -0.3 is 15.0 Å². The number of imidazole rings is 1. The monoisotopic (exact) mass is 429 g/mol. The molecule has 0 saturated heterocycles. The van der Waals surface area contributed by atoms with E-state index in [2.05, 4.69) is 29.4 Å². The number of H-pyrrole nitrogens is 1. The van der Waals surface area contributed by atoms with Gasteiger partial charge in [-0.05, 0) is 25.5 Å². The van der Waals surface area contributed by atoms with Crippen LogP contribution in [-0.4, -0.2) is 41.9 Å². The van der Waals surface area contributed by atoms with Gasteiger partial charge in [-0.15, -0.1) is 0 Å². The first-order valence-corrected chi connectivity index (χ1v) is 10.7. The van der Waals surface area contributed by atoms with Gasteiger partial charge in [-0.3, -0.25) is 4.79 Å². The van der Waals surface area contributed by atoms with Crippen molar-refractivity contribution in [3.8, 4) is 22.6 Å². The van der Waals surface area contributed by atoms with Gasteiger partial charge in [-0.25, -0.2) is 4.98 Å². The highest BCUT2D eigenvalue weighted by Gasteiger charge is 2.15. The average Bonchev–Trinajstić information content (AvgIpc) is 3.15. The molecule has 0 aliphatic carbocycles. The number of halogens is 1. The van der Waals surface area contributed by atoms with Crippen LogP contribution in [0, 0.1) is 6.92 Å². The maximum absolute atomic E-state index is 12.2. The van der Waals surface area contributed by atoms with Crippen LogP contribution in [0.5, 0.6) is 0 Å². The second kappa shape index (κ2) is 10.5. The van der Waals surface area contributed by atoms with Gasteiger partial charge in [0.2, 0.25) is 5.91 Å². The molecular weight excluding hydrogens is 406 g/mol. The van der Waals surface area contributed by atoms with E-state index in [1.165, 1.54) is 17.3 Å². The molecule has 0 fully saturated rings. The van der Waals surface area contributed by atoms with Crippen molar-refractivity contribution in [2.24, 2.45) is 0 Å². The number of nitrogens with zero attached hydrogens (tertiary/aromatic N) is 1. The minimum absolute atomic E-state index is 0.0203. The van der Waals surface area contributed by atoms with E-state index in [9.17, 15) is 4.79 Å². The number of methoxy groups -OCH3 is 1. The summed E-state index contributed by atoms with van der Waals surface area (Å²) in [6, 6.07) is 15.8. The summed E-state index contributed by atoms with van der Waals surface area (Å²) in [4.78, 5) is 20.3. The minimum atomic E-state index is -0.0203.